The smallest absolute Gasteiger partial charge is 0.359 e. The molecule has 2 heterocycles. The number of hydrogen-bond acceptors (Lipinski definition) is 4. The van der Waals surface area contributed by atoms with Crippen LogP contribution in [0, 0.1) is 0 Å². The standard InChI is InChI=1S/C11H12BrN3O2/c1-11(2,3)17-10(16)7-6-15-8(12)4-13-5-9(15)14-7/h4-6H,1-3H3. The molecule has 2 rings (SSSR count). The van der Waals surface area contributed by atoms with Gasteiger partial charge in [-0.05, 0) is 36.7 Å². The Balaban J connectivity index is 2.37. The molecule has 0 unspecified atom stereocenters. The summed E-state index contributed by atoms with van der Waals surface area (Å²) in [6, 6.07) is 0. The molecule has 90 valence electrons. The quantitative estimate of drug-likeness (QED) is 0.759. The van der Waals surface area contributed by atoms with E-state index in [0.29, 0.717) is 5.65 Å². The van der Waals surface area contributed by atoms with E-state index < -0.39 is 11.6 Å². The van der Waals surface area contributed by atoms with Gasteiger partial charge in [-0.25, -0.2) is 9.78 Å². The minimum Gasteiger partial charge on any atom is -0.455 e. The lowest BCUT2D eigenvalue weighted by molar-refractivity contribution is 0.00636. The number of esters is 1. The second-order valence-electron chi connectivity index (χ2n) is 4.59. The van der Waals surface area contributed by atoms with Crippen LogP contribution >= 0.6 is 15.9 Å². The van der Waals surface area contributed by atoms with Crippen LogP contribution in [0.15, 0.2) is 23.2 Å². The van der Waals surface area contributed by atoms with Gasteiger partial charge in [-0.1, -0.05) is 0 Å². The number of imidazole rings is 1. The van der Waals surface area contributed by atoms with E-state index in [1.165, 1.54) is 0 Å². The van der Waals surface area contributed by atoms with Gasteiger partial charge < -0.3 is 4.74 Å². The molecule has 0 bridgehead atoms. The number of aromatic nitrogens is 3. The molecule has 6 heteroatoms. The summed E-state index contributed by atoms with van der Waals surface area (Å²) >= 11 is 3.33. The fourth-order valence-corrected chi connectivity index (χ4v) is 1.72. The van der Waals surface area contributed by atoms with Gasteiger partial charge >= 0.3 is 5.97 Å². The van der Waals surface area contributed by atoms with Crippen molar-refractivity contribution >= 4 is 27.5 Å². The molecule has 0 aromatic carbocycles. The third-order valence-corrected chi connectivity index (χ3v) is 2.53. The van der Waals surface area contributed by atoms with E-state index in [1.807, 2.05) is 20.8 Å². The Hall–Kier alpha value is -1.43. The Morgan fingerprint density at radius 2 is 2.12 bits per heavy atom. The molecule has 0 saturated heterocycles. The Morgan fingerprint density at radius 3 is 2.71 bits per heavy atom. The Morgan fingerprint density at radius 1 is 1.41 bits per heavy atom. The molecule has 0 fully saturated rings. The lowest BCUT2D eigenvalue weighted by atomic mass is 10.2. The zero-order valence-electron chi connectivity index (χ0n) is 9.77. The molecule has 0 aliphatic heterocycles. The van der Waals surface area contributed by atoms with Gasteiger partial charge in [-0.2, -0.15) is 0 Å². The molecule has 0 spiro atoms. The van der Waals surface area contributed by atoms with Gasteiger partial charge in [0.15, 0.2) is 11.3 Å². The van der Waals surface area contributed by atoms with Crippen LogP contribution in [0.3, 0.4) is 0 Å². The molecule has 0 radical (unpaired) electrons. The van der Waals surface area contributed by atoms with Crippen LogP contribution in [0.25, 0.3) is 5.65 Å². The summed E-state index contributed by atoms with van der Waals surface area (Å²) in [7, 11) is 0. The third-order valence-electron chi connectivity index (χ3n) is 1.94. The highest BCUT2D eigenvalue weighted by Gasteiger charge is 2.20. The number of fused-ring (bicyclic) bond motifs is 1. The molecular weight excluding hydrogens is 286 g/mol. The van der Waals surface area contributed by atoms with Crippen molar-refractivity contribution in [3.63, 3.8) is 0 Å². The average molecular weight is 298 g/mol. The zero-order chi connectivity index (χ0) is 12.6. The number of rotatable bonds is 1. The lowest BCUT2D eigenvalue weighted by Gasteiger charge is -2.18. The summed E-state index contributed by atoms with van der Waals surface area (Å²) in [5, 5.41) is 0. The summed E-state index contributed by atoms with van der Waals surface area (Å²) in [4.78, 5) is 19.9. The number of carbonyl (C=O) groups is 1. The lowest BCUT2D eigenvalue weighted by Crippen LogP contribution is -2.24. The maximum absolute atomic E-state index is 11.8. The van der Waals surface area contributed by atoms with Crippen LogP contribution < -0.4 is 0 Å². The van der Waals surface area contributed by atoms with E-state index in [4.69, 9.17) is 4.74 Å². The van der Waals surface area contributed by atoms with Gasteiger partial charge in [0, 0.05) is 6.20 Å². The predicted molar refractivity (Wildman–Crippen MR) is 65.9 cm³/mol. The highest BCUT2D eigenvalue weighted by atomic mass is 79.9. The van der Waals surface area contributed by atoms with E-state index in [1.54, 1.807) is 23.0 Å². The molecule has 2 aromatic heterocycles. The Bertz CT molecular complexity index is 572. The van der Waals surface area contributed by atoms with Crippen molar-refractivity contribution in [2.45, 2.75) is 26.4 Å². The molecule has 17 heavy (non-hydrogen) atoms. The first-order valence-corrected chi connectivity index (χ1v) is 5.88. The monoisotopic (exact) mass is 297 g/mol. The number of nitrogens with zero attached hydrogens (tertiary/aromatic N) is 3. The molecule has 0 atom stereocenters. The second-order valence-corrected chi connectivity index (χ2v) is 5.40. The van der Waals surface area contributed by atoms with E-state index in [0.717, 1.165) is 4.60 Å². The van der Waals surface area contributed by atoms with Gasteiger partial charge in [-0.15, -0.1) is 0 Å². The van der Waals surface area contributed by atoms with Gasteiger partial charge in [0.2, 0.25) is 0 Å². The highest BCUT2D eigenvalue weighted by Crippen LogP contribution is 2.15. The predicted octanol–water partition coefficient (Wildman–Crippen LogP) is 2.45. The largest absolute Gasteiger partial charge is 0.455 e. The summed E-state index contributed by atoms with van der Waals surface area (Å²) in [6.45, 7) is 5.45. The molecule has 5 nitrogen and oxygen atoms in total. The summed E-state index contributed by atoms with van der Waals surface area (Å²) < 4.78 is 7.70. The number of halogens is 1. The van der Waals surface area contributed by atoms with Gasteiger partial charge in [0.25, 0.3) is 0 Å². The molecule has 0 amide bonds. The minimum absolute atomic E-state index is 0.272. The number of hydrogen-bond donors (Lipinski definition) is 0. The zero-order valence-corrected chi connectivity index (χ0v) is 11.4. The average Bonchev–Trinajstić information content (AvgIpc) is 2.60. The summed E-state index contributed by atoms with van der Waals surface area (Å²) in [5.74, 6) is -0.437. The van der Waals surface area contributed by atoms with E-state index >= 15 is 0 Å². The molecule has 0 saturated carbocycles. The van der Waals surface area contributed by atoms with Crippen molar-refractivity contribution in [2.24, 2.45) is 0 Å². The van der Waals surface area contributed by atoms with Crippen molar-refractivity contribution in [1.29, 1.82) is 0 Å². The fourth-order valence-electron chi connectivity index (χ4n) is 1.31. The summed E-state index contributed by atoms with van der Waals surface area (Å²) in [6.07, 6.45) is 4.83. The van der Waals surface area contributed by atoms with Crippen LogP contribution in [0.1, 0.15) is 31.3 Å². The topological polar surface area (TPSA) is 56.5 Å². The van der Waals surface area contributed by atoms with Crippen LogP contribution in [-0.4, -0.2) is 25.9 Å². The second kappa shape index (κ2) is 4.10. The van der Waals surface area contributed by atoms with Crippen LogP contribution in [0.5, 0.6) is 0 Å². The Kier molecular flexibility index (Phi) is 2.91. The molecular formula is C11H12BrN3O2. The van der Waals surface area contributed by atoms with Crippen molar-refractivity contribution in [2.75, 3.05) is 0 Å². The van der Waals surface area contributed by atoms with Crippen LogP contribution in [0.2, 0.25) is 0 Å². The SMILES string of the molecule is CC(C)(C)OC(=O)c1cn2c(Br)cncc2n1. The van der Waals surface area contributed by atoms with Gasteiger partial charge in [0.05, 0.1) is 12.4 Å². The van der Waals surface area contributed by atoms with Crippen LogP contribution in [-0.2, 0) is 4.74 Å². The van der Waals surface area contributed by atoms with Crippen molar-refractivity contribution < 1.29 is 9.53 Å². The molecule has 0 N–H and O–H groups in total. The maximum atomic E-state index is 11.8. The summed E-state index contributed by atoms with van der Waals surface area (Å²) in [5.41, 5.74) is 0.344. The van der Waals surface area contributed by atoms with Crippen LogP contribution in [0.4, 0.5) is 0 Å². The normalized spacial score (nSPS) is 11.8. The van der Waals surface area contributed by atoms with Crippen molar-refractivity contribution in [3.05, 3.63) is 28.9 Å². The molecule has 0 aliphatic rings. The van der Waals surface area contributed by atoms with Crippen molar-refractivity contribution in [1.82, 2.24) is 14.4 Å². The molecule has 0 aliphatic carbocycles. The first-order valence-electron chi connectivity index (χ1n) is 5.09. The fraction of sp³-hybridized carbons (Fsp3) is 0.364. The van der Waals surface area contributed by atoms with Gasteiger partial charge in [-0.3, -0.25) is 9.38 Å². The first kappa shape index (κ1) is 12.0. The minimum atomic E-state index is -0.525. The third kappa shape index (κ3) is 2.63. The Labute approximate surface area is 107 Å². The van der Waals surface area contributed by atoms with E-state index in [9.17, 15) is 4.79 Å². The highest BCUT2D eigenvalue weighted by molar-refractivity contribution is 9.10. The van der Waals surface area contributed by atoms with E-state index in [-0.39, 0.29) is 5.69 Å². The maximum Gasteiger partial charge on any atom is 0.359 e. The number of ether oxygens (including phenoxy) is 1. The number of carbonyl (C=O) groups excluding carboxylic acids is 1. The first-order chi connectivity index (χ1) is 7.87. The van der Waals surface area contributed by atoms with Gasteiger partial charge in [0.1, 0.15) is 10.2 Å². The van der Waals surface area contributed by atoms with Crippen molar-refractivity contribution in [3.8, 4) is 0 Å². The van der Waals surface area contributed by atoms with E-state index in [2.05, 4.69) is 25.9 Å². The molecule has 2 aromatic rings.